The second-order valence-corrected chi connectivity index (χ2v) is 6.98. The first-order chi connectivity index (χ1) is 11.5. The summed E-state index contributed by atoms with van der Waals surface area (Å²) >= 11 is 3.41. The van der Waals surface area contributed by atoms with Gasteiger partial charge in [0.25, 0.3) is 0 Å². The normalized spacial score (nSPS) is 17.2. The van der Waals surface area contributed by atoms with Gasteiger partial charge in [0, 0.05) is 36.7 Å². The van der Waals surface area contributed by atoms with E-state index in [0.717, 1.165) is 15.7 Å². The maximum Gasteiger partial charge on any atom is 0.228 e. The van der Waals surface area contributed by atoms with E-state index in [2.05, 4.69) is 15.9 Å². The summed E-state index contributed by atoms with van der Waals surface area (Å²) in [5.41, 5.74) is 1.92. The number of nitrogens with zero attached hydrogens (tertiary/aromatic N) is 2. The molecule has 1 aliphatic heterocycles. The molecule has 1 aliphatic rings. The van der Waals surface area contributed by atoms with Gasteiger partial charge in [0.15, 0.2) is 0 Å². The van der Waals surface area contributed by atoms with Crippen LogP contribution in [0.3, 0.4) is 0 Å². The van der Waals surface area contributed by atoms with Crippen molar-refractivity contribution in [3.63, 3.8) is 0 Å². The molecule has 4 nitrogen and oxygen atoms in total. The molecule has 1 fully saturated rings. The average Bonchev–Trinajstić information content (AvgIpc) is 2.99. The Labute approximate surface area is 150 Å². The van der Waals surface area contributed by atoms with E-state index in [4.69, 9.17) is 0 Å². The zero-order chi connectivity index (χ0) is 17.1. The van der Waals surface area contributed by atoms with Gasteiger partial charge in [-0.15, -0.1) is 0 Å². The number of hydrogen-bond acceptors (Lipinski definition) is 2. The van der Waals surface area contributed by atoms with E-state index in [0.29, 0.717) is 13.1 Å². The van der Waals surface area contributed by atoms with Crippen LogP contribution in [-0.2, 0) is 16.1 Å². The topological polar surface area (TPSA) is 40.6 Å². The molecular weight excluding hydrogens is 368 g/mol. The van der Waals surface area contributed by atoms with Gasteiger partial charge in [0.2, 0.25) is 11.8 Å². The Morgan fingerprint density at radius 2 is 1.83 bits per heavy atom. The summed E-state index contributed by atoms with van der Waals surface area (Å²) in [4.78, 5) is 28.3. The number of carbonyl (C=O) groups excluding carboxylic acids is 2. The van der Waals surface area contributed by atoms with Crippen molar-refractivity contribution < 1.29 is 9.59 Å². The van der Waals surface area contributed by atoms with Crippen LogP contribution in [0.1, 0.15) is 12.0 Å². The number of rotatable bonds is 4. The second kappa shape index (κ2) is 7.18. The van der Waals surface area contributed by atoms with Gasteiger partial charge < -0.3 is 9.80 Å². The van der Waals surface area contributed by atoms with Crippen molar-refractivity contribution in [1.29, 1.82) is 0 Å². The van der Waals surface area contributed by atoms with Crippen molar-refractivity contribution in [2.45, 2.75) is 13.0 Å². The van der Waals surface area contributed by atoms with E-state index >= 15 is 0 Å². The Kier molecular flexibility index (Phi) is 5.00. The fourth-order valence-corrected chi connectivity index (χ4v) is 3.25. The van der Waals surface area contributed by atoms with Gasteiger partial charge in [-0.25, -0.2) is 0 Å². The molecular formula is C19H19BrN2O2. The lowest BCUT2D eigenvalue weighted by molar-refractivity contribution is -0.135. The maximum atomic E-state index is 12.7. The lowest BCUT2D eigenvalue weighted by Gasteiger charge is -2.21. The van der Waals surface area contributed by atoms with Crippen molar-refractivity contribution in [3.8, 4) is 0 Å². The Morgan fingerprint density at radius 1 is 1.17 bits per heavy atom. The number of carbonyl (C=O) groups is 2. The van der Waals surface area contributed by atoms with Gasteiger partial charge in [-0.05, 0) is 29.8 Å². The molecule has 24 heavy (non-hydrogen) atoms. The molecule has 5 heteroatoms. The van der Waals surface area contributed by atoms with Crippen LogP contribution in [0.15, 0.2) is 59.1 Å². The van der Waals surface area contributed by atoms with Crippen LogP contribution in [0.25, 0.3) is 0 Å². The quantitative estimate of drug-likeness (QED) is 0.806. The molecule has 0 bridgehead atoms. The molecule has 0 spiro atoms. The molecule has 1 saturated heterocycles. The molecule has 2 aromatic rings. The minimum atomic E-state index is -0.279. The van der Waals surface area contributed by atoms with Gasteiger partial charge in [0.1, 0.15) is 0 Å². The van der Waals surface area contributed by atoms with Crippen LogP contribution in [0, 0.1) is 5.92 Å². The predicted molar refractivity (Wildman–Crippen MR) is 97.5 cm³/mol. The minimum Gasteiger partial charge on any atom is -0.341 e. The number of anilines is 1. The van der Waals surface area contributed by atoms with E-state index in [-0.39, 0.29) is 24.2 Å². The summed E-state index contributed by atoms with van der Waals surface area (Å²) in [7, 11) is 1.79. The van der Waals surface area contributed by atoms with E-state index in [1.54, 1.807) is 16.8 Å². The molecule has 1 unspecified atom stereocenters. The highest BCUT2D eigenvalue weighted by Crippen LogP contribution is 2.26. The Morgan fingerprint density at radius 3 is 2.50 bits per heavy atom. The summed E-state index contributed by atoms with van der Waals surface area (Å²) in [5.74, 6) is -0.251. The number of hydrogen-bond donors (Lipinski definition) is 0. The van der Waals surface area contributed by atoms with Crippen molar-refractivity contribution in [3.05, 3.63) is 64.6 Å². The van der Waals surface area contributed by atoms with E-state index < -0.39 is 0 Å². The molecule has 1 atom stereocenters. The van der Waals surface area contributed by atoms with Gasteiger partial charge in [-0.2, -0.15) is 0 Å². The highest BCUT2D eigenvalue weighted by Gasteiger charge is 2.36. The molecule has 0 aliphatic carbocycles. The molecule has 1 heterocycles. The SMILES string of the molecule is CN(Cc1ccc(Br)cc1)C(=O)C1CC(=O)N(c2ccccc2)C1. The number of halogens is 1. The summed E-state index contributed by atoms with van der Waals surface area (Å²) < 4.78 is 1.01. The Bertz CT molecular complexity index is 731. The van der Waals surface area contributed by atoms with Crippen molar-refractivity contribution in [1.82, 2.24) is 4.90 Å². The van der Waals surface area contributed by atoms with Crippen LogP contribution in [0.2, 0.25) is 0 Å². The van der Waals surface area contributed by atoms with Crippen molar-refractivity contribution >= 4 is 33.4 Å². The largest absolute Gasteiger partial charge is 0.341 e. The van der Waals surface area contributed by atoms with Crippen LogP contribution in [0.5, 0.6) is 0 Å². The van der Waals surface area contributed by atoms with Gasteiger partial charge in [0.05, 0.1) is 5.92 Å². The fraction of sp³-hybridized carbons (Fsp3) is 0.263. The van der Waals surface area contributed by atoms with E-state index in [1.165, 1.54) is 0 Å². The predicted octanol–water partition coefficient (Wildman–Crippen LogP) is 3.46. The minimum absolute atomic E-state index is 0.0107. The summed E-state index contributed by atoms with van der Waals surface area (Å²) in [6, 6.07) is 17.4. The molecule has 2 amide bonds. The van der Waals surface area contributed by atoms with E-state index in [1.807, 2.05) is 54.6 Å². The van der Waals surface area contributed by atoms with Gasteiger partial charge in [-0.3, -0.25) is 9.59 Å². The average molecular weight is 387 g/mol. The van der Waals surface area contributed by atoms with Crippen LogP contribution in [-0.4, -0.2) is 30.3 Å². The molecule has 2 aromatic carbocycles. The Hall–Kier alpha value is -2.14. The fourth-order valence-electron chi connectivity index (χ4n) is 2.98. The Balaban J connectivity index is 1.65. The maximum absolute atomic E-state index is 12.7. The molecule has 3 rings (SSSR count). The molecule has 0 saturated carbocycles. The van der Waals surface area contributed by atoms with Crippen molar-refractivity contribution in [2.75, 3.05) is 18.5 Å². The molecule has 124 valence electrons. The van der Waals surface area contributed by atoms with Crippen LogP contribution < -0.4 is 4.90 Å². The van der Waals surface area contributed by atoms with E-state index in [9.17, 15) is 9.59 Å². The number of amides is 2. The van der Waals surface area contributed by atoms with Gasteiger partial charge >= 0.3 is 0 Å². The van der Waals surface area contributed by atoms with Gasteiger partial charge in [-0.1, -0.05) is 46.3 Å². The highest BCUT2D eigenvalue weighted by atomic mass is 79.9. The first-order valence-corrected chi connectivity index (χ1v) is 8.69. The first kappa shape index (κ1) is 16.7. The number of para-hydroxylation sites is 1. The monoisotopic (exact) mass is 386 g/mol. The first-order valence-electron chi connectivity index (χ1n) is 7.89. The lowest BCUT2D eigenvalue weighted by atomic mass is 10.1. The smallest absolute Gasteiger partial charge is 0.228 e. The molecule has 0 radical (unpaired) electrons. The van der Waals surface area contributed by atoms with Crippen molar-refractivity contribution in [2.24, 2.45) is 5.92 Å². The molecule has 0 N–H and O–H groups in total. The molecule has 0 aromatic heterocycles. The summed E-state index contributed by atoms with van der Waals surface area (Å²) in [6.07, 6.45) is 0.276. The second-order valence-electron chi connectivity index (χ2n) is 6.06. The highest BCUT2D eigenvalue weighted by molar-refractivity contribution is 9.10. The standard InChI is InChI=1S/C19H19BrN2O2/c1-21(12-14-7-9-16(20)10-8-14)19(24)15-11-18(23)22(13-15)17-5-3-2-4-6-17/h2-10,15H,11-13H2,1H3. The zero-order valence-corrected chi connectivity index (χ0v) is 15.1. The third-order valence-electron chi connectivity index (χ3n) is 4.25. The summed E-state index contributed by atoms with van der Waals surface area (Å²) in [5, 5.41) is 0. The third kappa shape index (κ3) is 3.67. The lowest BCUT2D eigenvalue weighted by Crippen LogP contribution is -2.34. The number of benzene rings is 2. The zero-order valence-electron chi connectivity index (χ0n) is 13.5. The van der Waals surface area contributed by atoms with Crippen LogP contribution in [0.4, 0.5) is 5.69 Å². The summed E-state index contributed by atoms with van der Waals surface area (Å²) in [6.45, 7) is 0.995. The third-order valence-corrected chi connectivity index (χ3v) is 4.78. The van der Waals surface area contributed by atoms with Crippen LogP contribution >= 0.6 is 15.9 Å².